The summed E-state index contributed by atoms with van der Waals surface area (Å²) in [6, 6.07) is 0.0825. The molecule has 0 heterocycles. The summed E-state index contributed by atoms with van der Waals surface area (Å²) >= 11 is 0. The third-order valence-corrected chi connectivity index (χ3v) is 1.16. The first-order chi connectivity index (χ1) is 4.33. The molecule has 0 saturated carbocycles. The van der Waals surface area contributed by atoms with Gasteiger partial charge < -0.3 is 5.41 Å². The number of hydrogen-bond donors (Lipinski definition) is 1. The van der Waals surface area contributed by atoms with Crippen molar-refractivity contribution in [3.8, 4) is 0 Å². The maximum absolute atomic E-state index is 7.12. The van der Waals surface area contributed by atoms with Crippen LogP contribution in [-0.4, -0.2) is 18.5 Å². The predicted molar refractivity (Wildman–Crippen MR) is 39.3 cm³/mol. The highest BCUT2D eigenvalue weighted by Gasteiger charge is 1.98. The van der Waals surface area contributed by atoms with Gasteiger partial charge >= 0.3 is 0 Å². The highest BCUT2D eigenvalue weighted by molar-refractivity contribution is 6.02. The summed E-state index contributed by atoms with van der Waals surface area (Å²) in [4.78, 5) is 3.76. The molecule has 0 bridgehead atoms. The topological polar surface area (TPSA) is 36.2 Å². The molecule has 0 fully saturated rings. The lowest BCUT2D eigenvalue weighted by Gasteiger charge is -2.02. The van der Waals surface area contributed by atoms with Crippen LogP contribution >= 0.6 is 0 Å². The van der Waals surface area contributed by atoms with Gasteiger partial charge in [0.2, 0.25) is 0 Å². The lowest BCUT2D eigenvalue weighted by molar-refractivity contribution is 1.04. The fourth-order valence-electron chi connectivity index (χ4n) is 0.646. The molecule has 0 aromatic heterocycles. The van der Waals surface area contributed by atoms with Crippen molar-refractivity contribution in [3.05, 3.63) is 24.3 Å². The molecule has 0 amide bonds. The van der Waals surface area contributed by atoms with Crippen molar-refractivity contribution in [3.63, 3.8) is 0 Å². The summed E-state index contributed by atoms with van der Waals surface area (Å²) in [5.41, 5.74) is 0.523. The van der Waals surface area contributed by atoms with E-state index >= 15 is 0 Å². The fraction of sp³-hybridized carbons (Fsp3) is 0.143. The minimum Gasteiger partial charge on any atom is -0.301 e. The molecule has 1 rings (SSSR count). The van der Waals surface area contributed by atoms with Crippen LogP contribution in [0.5, 0.6) is 0 Å². The lowest BCUT2D eigenvalue weighted by atomic mass is 10.1. The van der Waals surface area contributed by atoms with Crippen LogP contribution in [0.1, 0.15) is 0 Å². The number of aliphatic imine (C=N–C) groups is 1. The molecular weight excluding hydrogens is 112 g/mol. The average Bonchev–Trinajstić information content (AvgIpc) is 1.90. The number of rotatable bonds is 1. The Morgan fingerprint density at radius 2 is 2.00 bits per heavy atom. The van der Waals surface area contributed by atoms with E-state index in [1.54, 1.807) is 12.2 Å². The van der Waals surface area contributed by atoms with Crippen molar-refractivity contribution in [1.29, 1.82) is 5.41 Å². The van der Waals surface area contributed by atoms with Crippen LogP contribution in [0.4, 0.5) is 0 Å². The third kappa shape index (κ3) is 1.35. The van der Waals surface area contributed by atoms with Gasteiger partial charge in [0.1, 0.15) is 0 Å². The van der Waals surface area contributed by atoms with Gasteiger partial charge in [0.15, 0.2) is 0 Å². The molecule has 0 radical (unpaired) electrons. The smallest absolute Gasteiger partial charge is 0.0861 e. The molecule has 2 heteroatoms. The normalized spacial score (nSPS) is 24.4. The van der Waals surface area contributed by atoms with Gasteiger partial charge in [-0.3, -0.25) is 4.99 Å². The number of hydrogen-bond acceptors (Lipinski definition) is 2. The number of nitrogens with one attached hydrogen (secondary N) is 1. The van der Waals surface area contributed by atoms with Gasteiger partial charge in [0, 0.05) is 0 Å². The van der Waals surface area contributed by atoms with E-state index in [2.05, 4.69) is 11.7 Å². The first-order valence-corrected chi connectivity index (χ1v) is 2.74. The second-order valence-electron chi connectivity index (χ2n) is 1.85. The molecule has 0 aliphatic heterocycles. The van der Waals surface area contributed by atoms with E-state index in [1.807, 2.05) is 12.2 Å². The number of allylic oxidation sites excluding steroid dienone is 2. The van der Waals surface area contributed by atoms with Crippen LogP contribution in [0.3, 0.4) is 0 Å². The van der Waals surface area contributed by atoms with Crippen LogP contribution in [-0.2, 0) is 0 Å². The molecular formula is C7H8N2. The molecule has 9 heavy (non-hydrogen) atoms. The summed E-state index contributed by atoms with van der Waals surface area (Å²) in [5.74, 6) is 0. The summed E-state index contributed by atoms with van der Waals surface area (Å²) in [6.07, 6.45) is 7.13. The molecule has 0 saturated heterocycles. The second-order valence-corrected chi connectivity index (χ2v) is 1.85. The molecule has 1 aliphatic carbocycles. The molecule has 0 aromatic carbocycles. The molecule has 0 atom stereocenters. The highest BCUT2D eigenvalue weighted by atomic mass is 14.7. The van der Waals surface area contributed by atoms with Gasteiger partial charge in [0.25, 0.3) is 0 Å². The van der Waals surface area contributed by atoms with E-state index in [-0.39, 0.29) is 6.04 Å². The zero-order chi connectivity index (χ0) is 6.69. The van der Waals surface area contributed by atoms with Crippen LogP contribution in [0.15, 0.2) is 29.3 Å². The summed E-state index contributed by atoms with van der Waals surface area (Å²) in [7, 11) is 0. The van der Waals surface area contributed by atoms with Crippen molar-refractivity contribution in [2.24, 2.45) is 4.99 Å². The van der Waals surface area contributed by atoms with E-state index in [1.165, 1.54) is 0 Å². The van der Waals surface area contributed by atoms with Crippen molar-refractivity contribution >= 4 is 12.4 Å². The van der Waals surface area contributed by atoms with Crippen LogP contribution in [0.25, 0.3) is 0 Å². The molecule has 2 nitrogen and oxygen atoms in total. The van der Waals surface area contributed by atoms with Crippen molar-refractivity contribution in [2.45, 2.75) is 6.04 Å². The largest absolute Gasteiger partial charge is 0.301 e. The van der Waals surface area contributed by atoms with Crippen LogP contribution < -0.4 is 0 Å². The first kappa shape index (κ1) is 5.95. The Hall–Kier alpha value is -1.18. The lowest BCUT2D eigenvalue weighted by Crippen LogP contribution is -2.01. The van der Waals surface area contributed by atoms with Gasteiger partial charge in [0.05, 0.1) is 11.8 Å². The van der Waals surface area contributed by atoms with Crippen LogP contribution in [0, 0.1) is 5.41 Å². The SMILES string of the molecule is C=NC1C=CC(=N)C=C1. The summed E-state index contributed by atoms with van der Waals surface area (Å²) in [5, 5.41) is 7.12. The van der Waals surface area contributed by atoms with Gasteiger partial charge in [-0.1, -0.05) is 12.2 Å². The monoisotopic (exact) mass is 120 g/mol. The van der Waals surface area contributed by atoms with Gasteiger partial charge in [-0.2, -0.15) is 0 Å². The third-order valence-electron chi connectivity index (χ3n) is 1.16. The Morgan fingerprint density at radius 1 is 1.44 bits per heavy atom. The molecule has 0 aromatic rings. The predicted octanol–water partition coefficient (Wildman–Crippen LogP) is 1.20. The van der Waals surface area contributed by atoms with E-state index in [0.29, 0.717) is 5.71 Å². The standard InChI is InChI=1S/C7H8N2/c1-9-7-4-2-6(8)3-5-7/h2-5,7-8H,1H2. The molecule has 0 spiro atoms. The molecule has 0 unspecified atom stereocenters. The average molecular weight is 120 g/mol. The van der Waals surface area contributed by atoms with Crippen molar-refractivity contribution in [1.82, 2.24) is 0 Å². The van der Waals surface area contributed by atoms with Crippen LogP contribution in [0.2, 0.25) is 0 Å². The van der Waals surface area contributed by atoms with Crippen molar-refractivity contribution < 1.29 is 0 Å². The Bertz CT molecular complexity index is 173. The summed E-state index contributed by atoms with van der Waals surface area (Å²) < 4.78 is 0. The van der Waals surface area contributed by atoms with Gasteiger partial charge in [-0.15, -0.1) is 0 Å². The minimum atomic E-state index is 0.0825. The van der Waals surface area contributed by atoms with E-state index in [0.717, 1.165) is 0 Å². The van der Waals surface area contributed by atoms with E-state index in [9.17, 15) is 0 Å². The quantitative estimate of drug-likeness (QED) is 0.505. The van der Waals surface area contributed by atoms with Crippen molar-refractivity contribution in [2.75, 3.05) is 0 Å². The van der Waals surface area contributed by atoms with E-state index < -0.39 is 0 Å². The minimum absolute atomic E-state index is 0.0825. The summed E-state index contributed by atoms with van der Waals surface area (Å²) in [6.45, 7) is 3.39. The second kappa shape index (κ2) is 2.40. The van der Waals surface area contributed by atoms with Gasteiger partial charge in [-0.05, 0) is 18.9 Å². The first-order valence-electron chi connectivity index (χ1n) is 2.74. The molecule has 1 N–H and O–H groups in total. The Morgan fingerprint density at radius 3 is 2.44 bits per heavy atom. The maximum Gasteiger partial charge on any atom is 0.0861 e. The Balaban J connectivity index is 2.68. The maximum atomic E-state index is 7.12. The Labute approximate surface area is 54.1 Å². The highest BCUT2D eigenvalue weighted by Crippen LogP contribution is 2.01. The number of nitrogens with zero attached hydrogens (tertiary/aromatic N) is 1. The Kier molecular flexibility index (Phi) is 1.58. The zero-order valence-corrected chi connectivity index (χ0v) is 5.04. The van der Waals surface area contributed by atoms with Gasteiger partial charge in [-0.25, -0.2) is 0 Å². The zero-order valence-electron chi connectivity index (χ0n) is 5.04. The molecule has 1 aliphatic rings. The van der Waals surface area contributed by atoms with E-state index in [4.69, 9.17) is 5.41 Å². The molecule has 46 valence electrons. The fourth-order valence-corrected chi connectivity index (χ4v) is 0.646.